The van der Waals surface area contributed by atoms with Crippen LogP contribution < -0.4 is 0 Å². The van der Waals surface area contributed by atoms with Crippen LogP contribution in [0.3, 0.4) is 0 Å². The molecular weight excluding hydrogens is 299 g/mol. The fraction of sp³-hybridized carbons (Fsp3) is 0. The molecule has 0 aliphatic carbocycles. The number of phenolic OH excluding ortho intramolecular Hbond substituents is 1. The summed E-state index contributed by atoms with van der Waals surface area (Å²) in [5, 5.41) is 20.4. The number of aromatic nitrogens is 1. The predicted octanol–water partition coefficient (Wildman–Crippen LogP) is 3.26. The molecule has 0 bridgehead atoms. The zero-order valence-electron chi connectivity index (χ0n) is 7.65. The van der Waals surface area contributed by atoms with Crippen molar-refractivity contribution in [1.29, 1.82) is 0 Å². The lowest BCUT2D eigenvalue weighted by molar-refractivity contribution is -0.384. The third-order valence-electron chi connectivity index (χ3n) is 2.05. The van der Waals surface area contributed by atoms with E-state index >= 15 is 0 Å². The Morgan fingerprint density at radius 3 is 2.81 bits per heavy atom. The lowest BCUT2D eigenvalue weighted by atomic mass is 10.2. The first-order chi connectivity index (χ1) is 7.50. The van der Waals surface area contributed by atoms with Gasteiger partial charge in [-0.1, -0.05) is 11.6 Å². The smallest absolute Gasteiger partial charge is 0.306 e. The average molecular weight is 303 g/mol. The Labute approximate surface area is 103 Å². The predicted molar refractivity (Wildman–Crippen MR) is 62.8 cm³/mol. The Balaban J connectivity index is 2.84. The molecule has 0 aliphatic heterocycles. The van der Waals surface area contributed by atoms with Crippen molar-refractivity contribution in [3.63, 3.8) is 0 Å². The van der Waals surface area contributed by atoms with Crippen molar-refractivity contribution in [3.05, 3.63) is 37.9 Å². The summed E-state index contributed by atoms with van der Waals surface area (Å²) in [4.78, 5) is 13.9. The lowest BCUT2D eigenvalue weighted by Crippen LogP contribution is -1.92. The van der Waals surface area contributed by atoms with Crippen LogP contribution in [0.2, 0.25) is 5.02 Å². The number of hydrogen-bond acceptors (Lipinski definition) is 4. The van der Waals surface area contributed by atoms with Crippen molar-refractivity contribution < 1.29 is 10.0 Å². The molecule has 2 rings (SSSR count). The summed E-state index contributed by atoms with van der Waals surface area (Å²) < 4.78 is 0.456. The van der Waals surface area contributed by atoms with Gasteiger partial charge in [-0.05, 0) is 28.1 Å². The molecule has 0 amide bonds. The van der Waals surface area contributed by atoms with Crippen molar-refractivity contribution in [2.75, 3.05) is 0 Å². The molecule has 1 heterocycles. The molecule has 1 aromatic carbocycles. The van der Waals surface area contributed by atoms with Gasteiger partial charge < -0.3 is 5.11 Å². The van der Waals surface area contributed by atoms with Crippen LogP contribution in [0.4, 0.5) is 5.69 Å². The SMILES string of the molecule is O=[N+]([O-])c1cnc2cc(Br)c(O)cc2c1Cl. The molecule has 0 atom stereocenters. The molecule has 0 fully saturated rings. The lowest BCUT2D eigenvalue weighted by Gasteiger charge is -2.03. The van der Waals surface area contributed by atoms with E-state index in [9.17, 15) is 15.2 Å². The Kier molecular flexibility index (Phi) is 2.69. The second kappa shape index (κ2) is 3.88. The monoisotopic (exact) mass is 302 g/mol. The Morgan fingerprint density at radius 1 is 1.50 bits per heavy atom. The van der Waals surface area contributed by atoms with E-state index in [2.05, 4.69) is 20.9 Å². The molecule has 5 nitrogen and oxygen atoms in total. The van der Waals surface area contributed by atoms with Gasteiger partial charge in [0.1, 0.15) is 17.0 Å². The molecular formula is C9H4BrClN2O3. The van der Waals surface area contributed by atoms with E-state index in [1.807, 2.05) is 0 Å². The molecule has 1 N–H and O–H groups in total. The molecule has 16 heavy (non-hydrogen) atoms. The normalized spacial score (nSPS) is 10.6. The number of benzene rings is 1. The largest absolute Gasteiger partial charge is 0.507 e. The highest BCUT2D eigenvalue weighted by Crippen LogP contribution is 2.35. The molecule has 0 radical (unpaired) electrons. The van der Waals surface area contributed by atoms with E-state index in [-0.39, 0.29) is 16.5 Å². The van der Waals surface area contributed by atoms with Gasteiger partial charge in [0.15, 0.2) is 0 Å². The number of nitrogens with zero attached hydrogens (tertiary/aromatic N) is 2. The molecule has 0 unspecified atom stereocenters. The van der Waals surface area contributed by atoms with Gasteiger partial charge in [0, 0.05) is 5.39 Å². The molecule has 0 saturated carbocycles. The molecule has 7 heteroatoms. The summed E-state index contributed by atoms with van der Waals surface area (Å²) in [5.41, 5.74) is 0.191. The van der Waals surface area contributed by atoms with Crippen LogP contribution in [0.5, 0.6) is 5.75 Å². The number of fused-ring (bicyclic) bond motifs is 1. The van der Waals surface area contributed by atoms with E-state index < -0.39 is 4.92 Å². The molecule has 1 aromatic heterocycles. The maximum atomic E-state index is 10.6. The first-order valence-electron chi connectivity index (χ1n) is 4.12. The Bertz CT molecular complexity index is 603. The van der Waals surface area contributed by atoms with Gasteiger partial charge in [0.25, 0.3) is 0 Å². The summed E-state index contributed by atoms with van der Waals surface area (Å²) in [6, 6.07) is 2.88. The maximum Gasteiger partial charge on any atom is 0.306 e. The zero-order chi connectivity index (χ0) is 11.9. The minimum atomic E-state index is -0.617. The second-order valence-corrected chi connectivity index (χ2v) is 4.27. The first kappa shape index (κ1) is 11.1. The zero-order valence-corrected chi connectivity index (χ0v) is 9.99. The quantitative estimate of drug-likeness (QED) is 0.648. The van der Waals surface area contributed by atoms with E-state index in [0.29, 0.717) is 15.4 Å². The van der Waals surface area contributed by atoms with Crippen LogP contribution >= 0.6 is 27.5 Å². The summed E-state index contributed by atoms with van der Waals surface area (Å²) >= 11 is 8.97. The van der Waals surface area contributed by atoms with Gasteiger partial charge >= 0.3 is 5.69 Å². The van der Waals surface area contributed by atoms with Crippen LogP contribution in [-0.2, 0) is 0 Å². The number of phenols is 1. The standard InChI is InChI=1S/C9H4BrClN2O3/c10-5-2-6-4(1-8(5)14)9(11)7(3-12-6)13(15)16/h1-3,14H. The number of halogens is 2. The van der Waals surface area contributed by atoms with Crippen molar-refractivity contribution in [1.82, 2.24) is 4.98 Å². The number of pyridine rings is 1. The van der Waals surface area contributed by atoms with Crippen molar-refractivity contribution in [2.24, 2.45) is 0 Å². The minimum Gasteiger partial charge on any atom is -0.507 e. The van der Waals surface area contributed by atoms with Gasteiger partial charge in [-0.25, -0.2) is 4.98 Å². The second-order valence-electron chi connectivity index (χ2n) is 3.04. The number of rotatable bonds is 1. The molecule has 0 spiro atoms. The van der Waals surface area contributed by atoms with Gasteiger partial charge in [-0.15, -0.1) is 0 Å². The third-order valence-corrected chi connectivity index (χ3v) is 3.08. The number of nitro groups is 1. The van der Waals surface area contributed by atoms with Crippen molar-refractivity contribution in [3.8, 4) is 5.75 Å². The fourth-order valence-corrected chi connectivity index (χ4v) is 1.89. The maximum absolute atomic E-state index is 10.6. The van der Waals surface area contributed by atoms with Gasteiger partial charge in [-0.3, -0.25) is 10.1 Å². The first-order valence-corrected chi connectivity index (χ1v) is 5.29. The summed E-state index contributed by atoms with van der Waals surface area (Å²) in [5.74, 6) is -0.0447. The fourth-order valence-electron chi connectivity index (χ4n) is 1.29. The summed E-state index contributed by atoms with van der Waals surface area (Å²) in [6.45, 7) is 0. The van der Waals surface area contributed by atoms with Crippen LogP contribution in [-0.4, -0.2) is 15.0 Å². The van der Waals surface area contributed by atoms with Crippen molar-refractivity contribution >= 4 is 44.1 Å². The molecule has 2 aromatic rings. The minimum absolute atomic E-state index is 0.0298. The van der Waals surface area contributed by atoms with E-state index in [1.165, 1.54) is 6.07 Å². The van der Waals surface area contributed by atoms with Crippen LogP contribution in [0.15, 0.2) is 22.8 Å². The summed E-state index contributed by atoms with van der Waals surface area (Å²) in [6.07, 6.45) is 1.09. The highest BCUT2D eigenvalue weighted by atomic mass is 79.9. The topological polar surface area (TPSA) is 76.3 Å². The van der Waals surface area contributed by atoms with Crippen LogP contribution in [0, 0.1) is 10.1 Å². The highest BCUT2D eigenvalue weighted by Gasteiger charge is 2.17. The Hall–Kier alpha value is -1.40. The van der Waals surface area contributed by atoms with Crippen molar-refractivity contribution in [2.45, 2.75) is 0 Å². The van der Waals surface area contributed by atoms with E-state index in [4.69, 9.17) is 11.6 Å². The molecule has 82 valence electrons. The van der Waals surface area contributed by atoms with Gasteiger partial charge in [-0.2, -0.15) is 0 Å². The highest BCUT2D eigenvalue weighted by molar-refractivity contribution is 9.10. The number of aromatic hydroxyl groups is 1. The van der Waals surface area contributed by atoms with E-state index in [1.54, 1.807) is 6.07 Å². The molecule has 0 aliphatic rings. The van der Waals surface area contributed by atoms with Gasteiger partial charge in [0.05, 0.1) is 14.9 Å². The number of hydrogen-bond donors (Lipinski definition) is 1. The average Bonchev–Trinajstić information content (AvgIpc) is 2.21. The summed E-state index contributed by atoms with van der Waals surface area (Å²) in [7, 11) is 0. The van der Waals surface area contributed by atoms with Crippen LogP contribution in [0.1, 0.15) is 0 Å². The van der Waals surface area contributed by atoms with E-state index in [0.717, 1.165) is 6.20 Å². The van der Waals surface area contributed by atoms with Gasteiger partial charge in [0.2, 0.25) is 0 Å². The molecule has 0 saturated heterocycles. The third kappa shape index (κ3) is 1.70. The van der Waals surface area contributed by atoms with Crippen LogP contribution in [0.25, 0.3) is 10.9 Å². The Morgan fingerprint density at radius 2 is 2.19 bits per heavy atom.